The molecule has 0 amide bonds. The van der Waals surface area contributed by atoms with Gasteiger partial charge >= 0.3 is 5.97 Å². The van der Waals surface area contributed by atoms with Crippen LogP contribution in [0.2, 0.25) is 0 Å². The number of ether oxygens (including phenoxy) is 1. The highest BCUT2D eigenvalue weighted by molar-refractivity contribution is 7.17. The smallest absolute Gasteiger partial charge is 0.349 e. The van der Waals surface area contributed by atoms with Crippen LogP contribution in [0.5, 0.6) is 0 Å². The molecule has 2 rings (SSSR count). The third-order valence-corrected chi connectivity index (χ3v) is 4.29. The molecule has 0 bridgehead atoms. The van der Waals surface area contributed by atoms with Crippen molar-refractivity contribution < 1.29 is 9.53 Å². The number of nitrogens with one attached hydrogen (secondary N) is 1. The van der Waals surface area contributed by atoms with E-state index in [1.54, 1.807) is 11.3 Å². The van der Waals surface area contributed by atoms with Gasteiger partial charge in [0, 0.05) is 11.1 Å². The van der Waals surface area contributed by atoms with Crippen LogP contribution in [-0.2, 0) is 4.74 Å². The molecule has 96 valence electrons. The molecule has 0 saturated heterocycles. The summed E-state index contributed by atoms with van der Waals surface area (Å²) in [7, 11) is 1.36. The van der Waals surface area contributed by atoms with Gasteiger partial charge in [-0.25, -0.2) is 14.8 Å². The summed E-state index contributed by atoms with van der Waals surface area (Å²) in [5.74, 6) is -0.363. The molecular weight excluding hydrogens is 270 g/mol. The van der Waals surface area contributed by atoms with Crippen molar-refractivity contribution in [1.29, 1.82) is 0 Å². The maximum absolute atomic E-state index is 11.3. The minimum atomic E-state index is -0.363. The summed E-state index contributed by atoms with van der Waals surface area (Å²) in [5, 5.41) is 6.92. The van der Waals surface area contributed by atoms with Crippen LogP contribution >= 0.6 is 22.7 Å². The average Bonchev–Trinajstić information content (AvgIpc) is 2.97. The van der Waals surface area contributed by atoms with Gasteiger partial charge in [0.15, 0.2) is 5.13 Å². The van der Waals surface area contributed by atoms with Gasteiger partial charge in [-0.1, -0.05) is 11.3 Å². The molecule has 18 heavy (non-hydrogen) atoms. The number of esters is 1. The van der Waals surface area contributed by atoms with E-state index >= 15 is 0 Å². The topological polar surface area (TPSA) is 64.1 Å². The quantitative estimate of drug-likeness (QED) is 0.874. The first-order valence-corrected chi connectivity index (χ1v) is 7.02. The van der Waals surface area contributed by atoms with Crippen molar-refractivity contribution in [1.82, 2.24) is 9.97 Å². The summed E-state index contributed by atoms with van der Waals surface area (Å²) in [6, 6.07) is 0.0698. The number of methoxy groups -OCH3 is 1. The summed E-state index contributed by atoms with van der Waals surface area (Å²) in [5.41, 5.74) is 1.01. The lowest BCUT2D eigenvalue weighted by Crippen LogP contribution is -2.05. The summed E-state index contributed by atoms with van der Waals surface area (Å²) < 4.78 is 4.64. The molecule has 2 aromatic rings. The largest absolute Gasteiger partial charge is 0.465 e. The maximum atomic E-state index is 11.3. The Morgan fingerprint density at radius 3 is 2.94 bits per heavy atom. The maximum Gasteiger partial charge on any atom is 0.349 e. The molecular formula is C11H13N3O2S2. The van der Waals surface area contributed by atoms with Crippen LogP contribution in [0.4, 0.5) is 5.13 Å². The third-order valence-electron chi connectivity index (χ3n) is 2.24. The molecule has 0 aliphatic carbocycles. The molecule has 0 fully saturated rings. The minimum absolute atomic E-state index is 0.0698. The van der Waals surface area contributed by atoms with Crippen LogP contribution in [0, 0.1) is 6.92 Å². The van der Waals surface area contributed by atoms with Crippen molar-refractivity contribution in [3.8, 4) is 0 Å². The van der Waals surface area contributed by atoms with E-state index in [2.05, 4.69) is 20.0 Å². The number of thiazole rings is 2. The second-order valence-electron chi connectivity index (χ2n) is 3.71. The van der Waals surface area contributed by atoms with Gasteiger partial charge in [0.2, 0.25) is 0 Å². The third kappa shape index (κ3) is 2.85. The summed E-state index contributed by atoms with van der Waals surface area (Å²) in [6.45, 7) is 3.98. The van der Waals surface area contributed by atoms with Gasteiger partial charge in [-0.2, -0.15) is 0 Å². The number of hydrogen-bond donors (Lipinski definition) is 1. The van der Waals surface area contributed by atoms with E-state index in [0.717, 1.165) is 10.7 Å². The predicted molar refractivity (Wildman–Crippen MR) is 72.3 cm³/mol. The fraction of sp³-hybridized carbons (Fsp3) is 0.364. The molecule has 0 aliphatic heterocycles. The van der Waals surface area contributed by atoms with E-state index in [0.29, 0.717) is 10.0 Å². The number of carbonyl (C=O) groups excluding carboxylic acids is 1. The van der Waals surface area contributed by atoms with E-state index in [1.165, 1.54) is 24.6 Å². The molecule has 0 spiro atoms. The Morgan fingerprint density at radius 1 is 1.56 bits per heavy atom. The van der Waals surface area contributed by atoms with Gasteiger partial charge in [0.25, 0.3) is 0 Å². The fourth-order valence-electron chi connectivity index (χ4n) is 1.35. The zero-order chi connectivity index (χ0) is 13.1. The Labute approximate surface area is 113 Å². The highest BCUT2D eigenvalue weighted by Gasteiger charge is 2.14. The zero-order valence-corrected chi connectivity index (χ0v) is 11.9. The molecule has 5 nitrogen and oxygen atoms in total. The van der Waals surface area contributed by atoms with E-state index in [-0.39, 0.29) is 12.0 Å². The Balaban J connectivity index is 2.05. The monoisotopic (exact) mass is 283 g/mol. The molecule has 0 aromatic carbocycles. The fourth-order valence-corrected chi connectivity index (χ4v) is 2.98. The van der Waals surface area contributed by atoms with E-state index in [4.69, 9.17) is 0 Å². The Kier molecular flexibility index (Phi) is 3.93. The van der Waals surface area contributed by atoms with Gasteiger partial charge in [0.1, 0.15) is 9.88 Å². The second-order valence-corrected chi connectivity index (χ2v) is 5.63. The molecule has 1 unspecified atom stereocenters. The van der Waals surface area contributed by atoms with E-state index in [1.807, 2.05) is 19.2 Å². The van der Waals surface area contributed by atoms with Crippen molar-refractivity contribution in [2.24, 2.45) is 0 Å². The molecule has 0 radical (unpaired) electrons. The highest BCUT2D eigenvalue weighted by Crippen LogP contribution is 2.25. The number of aromatic nitrogens is 2. The van der Waals surface area contributed by atoms with Crippen molar-refractivity contribution in [2.45, 2.75) is 19.9 Å². The van der Waals surface area contributed by atoms with Crippen LogP contribution in [0.1, 0.15) is 33.3 Å². The Bertz CT molecular complexity index is 550. The first-order chi connectivity index (χ1) is 8.60. The van der Waals surface area contributed by atoms with E-state index in [9.17, 15) is 4.79 Å². The normalized spacial score (nSPS) is 12.2. The van der Waals surface area contributed by atoms with Gasteiger partial charge in [-0.15, -0.1) is 11.3 Å². The van der Waals surface area contributed by atoms with Crippen molar-refractivity contribution in [3.05, 3.63) is 27.2 Å². The summed E-state index contributed by atoms with van der Waals surface area (Å²) in [6.07, 6.45) is 1.51. The molecule has 2 heterocycles. The van der Waals surface area contributed by atoms with Gasteiger partial charge in [-0.3, -0.25) is 0 Å². The van der Waals surface area contributed by atoms with Crippen molar-refractivity contribution >= 4 is 33.8 Å². The molecule has 1 atom stereocenters. The van der Waals surface area contributed by atoms with Gasteiger partial charge < -0.3 is 10.1 Å². The molecule has 2 aromatic heterocycles. The van der Waals surface area contributed by atoms with Crippen molar-refractivity contribution in [2.75, 3.05) is 12.4 Å². The Morgan fingerprint density at radius 2 is 2.33 bits per heavy atom. The van der Waals surface area contributed by atoms with Crippen LogP contribution in [0.25, 0.3) is 0 Å². The van der Waals surface area contributed by atoms with Crippen LogP contribution in [0.3, 0.4) is 0 Å². The van der Waals surface area contributed by atoms with Gasteiger partial charge in [0.05, 0.1) is 19.3 Å². The minimum Gasteiger partial charge on any atom is -0.465 e. The van der Waals surface area contributed by atoms with Crippen LogP contribution < -0.4 is 5.32 Å². The van der Waals surface area contributed by atoms with E-state index < -0.39 is 0 Å². The molecule has 0 saturated carbocycles. The zero-order valence-electron chi connectivity index (χ0n) is 10.3. The lowest BCUT2D eigenvalue weighted by molar-refractivity contribution is 0.0606. The molecule has 0 aliphatic rings. The van der Waals surface area contributed by atoms with Crippen LogP contribution in [-0.4, -0.2) is 23.0 Å². The van der Waals surface area contributed by atoms with Crippen molar-refractivity contribution in [3.63, 3.8) is 0 Å². The Hall–Kier alpha value is -1.47. The number of anilines is 1. The number of hydrogen-bond acceptors (Lipinski definition) is 7. The number of carbonyl (C=O) groups is 1. The second kappa shape index (κ2) is 5.45. The molecule has 7 heteroatoms. The number of rotatable bonds is 4. The lowest BCUT2D eigenvalue weighted by Gasteiger charge is -2.08. The lowest BCUT2D eigenvalue weighted by atomic mass is 10.4. The number of nitrogens with zero attached hydrogens (tertiary/aromatic N) is 2. The summed E-state index contributed by atoms with van der Waals surface area (Å²) >= 11 is 2.88. The first kappa shape index (κ1) is 13.0. The summed E-state index contributed by atoms with van der Waals surface area (Å²) in [4.78, 5) is 20.3. The SMILES string of the molecule is COC(=O)c1cnc(NC(C)c2nc(C)cs2)s1. The highest BCUT2D eigenvalue weighted by atomic mass is 32.1. The van der Waals surface area contributed by atoms with Crippen LogP contribution in [0.15, 0.2) is 11.6 Å². The number of aryl methyl sites for hydroxylation is 1. The van der Waals surface area contributed by atoms with Gasteiger partial charge in [-0.05, 0) is 13.8 Å². The standard InChI is InChI=1S/C11H13N3O2S2/c1-6-5-17-9(13-6)7(2)14-11-12-4-8(18-11)10(15)16-3/h4-5,7H,1-3H3,(H,12,14). The average molecular weight is 283 g/mol. The predicted octanol–water partition coefficient (Wildman–Crippen LogP) is 2.87. The first-order valence-electron chi connectivity index (χ1n) is 5.33. The molecule has 1 N–H and O–H groups in total.